The van der Waals surface area contributed by atoms with Crippen LogP contribution in [0.25, 0.3) is 0 Å². The third kappa shape index (κ3) is 4.79. The van der Waals surface area contributed by atoms with Crippen molar-refractivity contribution in [2.75, 3.05) is 26.7 Å². The molecule has 0 aliphatic carbocycles. The Hall–Kier alpha value is -1.88. The van der Waals surface area contributed by atoms with Gasteiger partial charge in [-0.3, -0.25) is 9.59 Å². The Balaban J connectivity index is 1.87. The SMILES string of the molecule is CCN(C)Cc1cccc(CNC(=O)[C@@H]2CC(=O)N(CC)C2)c1. The maximum absolute atomic E-state index is 12.2. The summed E-state index contributed by atoms with van der Waals surface area (Å²) in [5.41, 5.74) is 2.34. The van der Waals surface area contributed by atoms with Crippen molar-refractivity contribution in [2.45, 2.75) is 33.4 Å². The number of rotatable bonds is 7. The minimum absolute atomic E-state index is 0.0228. The first kappa shape index (κ1) is 17.5. The van der Waals surface area contributed by atoms with Crippen LogP contribution in [-0.2, 0) is 22.7 Å². The Morgan fingerprint density at radius 2 is 2.09 bits per heavy atom. The summed E-state index contributed by atoms with van der Waals surface area (Å²) in [6.45, 7) is 7.71. The molecule has 1 aliphatic heterocycles. The van der Waals surface area contributed by atoms with E-state index in [0.29, 0.717) is 26.1 Å². The van der Waals surface area contributed by atoms with Gasteiger partial charge in [0.25, 0.3) is 0 Å². The number of nitrogens with zero attached hydrogens (tertiary/aromatic N) is 2. The second-order valence-corrected chi connectivity index (χ2v) is 6.20. The maximum Gasteiger partial charge on any atom is 0.225 e. The average Bonchev–Trinajstić information content (AvgIpc) is 2.94. The quantitative estimate of drug-likeness (QED) is 0.831. The van der Waals surface area contributed by atoms with Crippen molar-refractivity contribution >= 4 is 11.8 Å². The van der Waals surface area contributed by atoms with Crippen molar-refractivity contribution in [3.05, 3.63) is 35.4 Å². The van der Waals surface area contributed by atoms with Crippen molar-refractivity contribution in [1.82, 2.24) is 15.1 Å². The molecule has 1 atom stereocenters. The average molecular weight is 317 g/mol. The summed E-state index contributed by atoms with van der Waals surface area (Å²) in [6, 6.07) is 8.28. The van der Waals surface area contributed by atoms with Crippen LogP contribution in [0.5, 0.6) is 0 Å². The van der Waals surface area contributed by atoms with Gasteiger partial charge in [0.05, 0.1) is 5.92 Å². The molecule has 2 rings (SSSR count). The minimum Gasteiger partial charge on any atom is -0.352 e. The van der Waals surface area contributed by atoms with Crippen molar-refractivity contribution < 1.29 is 9.59 Å². The van der Waals surface area contributed by atoms with E-state index in [2.05, 4.69) is 36.3 Å². The van der Waals surface area contributed by atoms with Gasteiger partial charge < -0.3 is 15.1 Å². The molecule has 5 nitrogen and oxygen atoms in total. The highest BCUT2D eigenvalue weighted by atomic mass is 16.2. The van der Waals surface area contributed by atoms with E-state index in [4.69, 9.17) is 0 Å². The normalized spacial score (nSPS) is 17.8. The highest BCUT2D eigenvalue weighted by Gasteiger charge is 2.33. The number of nitrogens with one attached hydrogen (secondary N) is 1. The molecule has 1 aromatic carbocycles. The summed E-state index contributed by atoms with van der Waals surface area (Å²) in [6.07, 6.45) is 0.334. The lowest BCUT2D eigenvalue weighted by atomic mass is 10.1. The number of benzene rings is 1. The number of hydrogen-bond acceptors (Lipinski definition) is 3. The number of likely N-dealkylation sites (tertiary alicyclic amines) is 1. The Kier molecular flexibility index (Phi) is 6.16. The predicted octanol–water partition coefficient (Wildman–Crippen LogP) is 1.62. The van der Waals surface area contributed by atoms with E-state index >= 15 is 0 Å². The summed E-state index contributed by atoms with van der Waals surface area (Å²) in [4.78, 5) is 27.9. The molecule has 0 unspecified atom stereocenters. The zero-order valence-electron chi connectivity index (χ0n) is 14.3. The van der Waals surface area contributed by atoms with Crippen molar-refractivity contribution in [3.8, 4) is 0 Å². The van der Waals surface area contributed by atoms with Crippen LogP contribution >= 0.6 is 0 Å². The summed E-state index contributed by atoms with van der Waals surface area (Å²) in [5, 5.41) is 2.97. The van der Waals surface area contributed by atoms with Gasteiger partial charge in [-0.1, -0.05) is 31.2 Å². The van der Waals surface area contributed by atoms with Crippen LogP contribution in [0.1, 0.15) is 31.4 Å². The van der Waals surface area contributed by atoms with Gasteiger partial charge in [0, 0.05) is 32.6 Å². The number of amides is 2. The molecule has 0 bridgehead atoms. The van der Waals surface area contributed by atoms with Crippen LogP contribution in [0, 0.1) is 5.92 Å². The molecule has 2 amide bonds. The molecule has 1 aliphatic rings. The highest BCUT2D eigenvalue weighted by Crippen LogP contribution is 2.17. The Labute approximate surface area is 138 Å². The summed E-state index contributed by atoms with van der Waals surface area (Å²) >= 11 is 0. The summed E-state index contributed by atoms with van der Waals surface area (Å²) in [5.74, 6) is -0.153. The molecule has 0 aromatic heterocycles. The monoisotopic (exact) mass is 317 g/mol. The molecular weight excluding hydrogens is 290 g/mol. The molecule has 1 N–H and O–H groups in total. The smallest absolute Gasteiger partial charge is 0.225 e. The first-order chi connectivity index (χ1) is 11.0. The molecule has 1 fully saturated rings. The molecule has 1 saturated heterocycles. The lowest BCUT2D eigenvalue weighted by molar-refractivity contribution is -0.128. The first-order valence-corrected chi connectivity index (χ1v) is 8.35. The van der Waals surface area contributed by atoms with Crippen molar-refractivity contribution in [2.24, 2.45) is 5.92 Å². The summed E-state index contributed by atoms with van der Waals surface area (Å²) in [7, 11) is 2.09. The van der Waals surface area contributed by atoms with E-state index in [1.807, 2.05) is 19.1 Å². The third-order valence-corrected chi connectivity index (χ3v) is 4.42. The molecule has 5 heteroatoms. The minimum atomic E-state index is -0.211. The molecule has 1 heterocycles. The van der Waals surface area contributed by atoms with Gasteiger partial charge in [-0.15, -0.1) is 0 Å². The standard InChI is InChI=1S/C18H27N3O2/c1-4-20(3)12-15-8-6-7-14(9-15)11-19-18(23)16-10-17(22)21(5-2)13-16/h6-9,16H,4-5,10-13H2,1-3H3,(H,19,23)/t16-/m1/s1. The highest BCUT2D eigenvalue weighted by molar-refractivity contribution is 5.89. The van der Waals surface area contributed by atoms with Gasteiger partial charge in [-0.05, 0) is 31.6 Å². The second-order valence-electron chi connectivity index (χ2n) is 6.20. The molecule has 1 aromatic rings. The molecule has 0 saturated carbocycles. The van der Waals surface area contributed by atoms with Gasteiger partial charge in [-0.25, -0.2) is 0 Å². The van der Waals surface area contributed by atoms with Crippen LogP contribution in [0.2, 0.25) is 0 Å². The first-order valence-electron chi connectivity index (χ1n) is 8.35. The van der Waals surface area contributed by atoms with Crippen molar-refractivity contribution in [1.29, 1.82) is 0 Å². The molecular formula is C18H27N3O2. The fraction of sp³-hybridized carbons (Fsp3) is 0.556. The van der Waals surface area contributed by atoms with E-state index < -0.39 is 0 Å². The van der Waals surface area contributed by atoms with E-state index in [1.54, 1.807) is 4.90 Å². The number of hydrogen-bond donors (Lipinski definition) is 1. The molecule has 0 spiro atoms. The van der Waals surface area contributed by atoms with Crippen LogP contribution in [0.15, 0.2) is 24.3 Å². The number of carbonyl (C=O) groups is 2. The van der Waals surface area contributed by atoms with Crippen LogP contribution in [-0.4, -0.2) is 48.3 Å². The zero-order valence-corrected chi connectivity index (χ0v) is 14.3. The third-order valence-electron chi connectivity index (χ3n) is 4.42. The van der Waals surface area contributed by atoms with Crippen LogP contribution in [0.4, 0.5) is 0 Å². The molecule has 23 heavy (non-hydrogen) atoms. The topological polar surface area (TPSA) is 52.7 Å². The fourth-order valence-corrected chi connectivity index (χ4v) is 2.85. The lowest BCUT2D eigenvalue weighted by Crippen LogP contribution is -2.32. The largest absolute Gasteiger partial charge is 0.352 e. The Morgan fingerprint density at radius 1 is 1.35 bits per heavy atom. The second kappa shape index (κ2) is 8.11. The van der Waals surface area contributed by atoms with Gasteiger partial charge >= 0.3 is 0 Å². The van der Waals surface area contributed by atoms with Gasteiger partial charge in [-0.2, -0.15) is 0 Å². The number of carbonyl (C=O) groups excluding carboxylic acids is 2. The molecule has 126 valence electrons. The van der Waals surface area contributed by atoms with E-state index in [0.717, 1.165) is 18.7 Å². The molecule has 0 radical (unpaired) electrons. The van der Waals surface area contributed by atoms with Gasteiger partial charge in [0.2, 0.25) is 11.8 Å². The van der Waals surface area contributed by atoms with Gasteiger partial charge in [0.1, 0.15) is 0 Å². The maximum atomic E-state index is 12.2. The van der Waals surface area contributed by atoms with Crippen molar-refractivity contribution in [3.63, 3.8) is 0 Å². The van der Waals surface area contributed by atoms with Crippen LogP contribution in [0.3, 0.4) is 0 Å². The predicted molar refractivity (Wildman–Crippen MR) is 90.7 cm³/mol. The summed E-state index contributed by atoms with van der Waals surface area (Å²) < 4.78 is 0. The van der Waals surface area contributed by atoms with Crippen LogP contribution < -0.4 is 5.32 Å². The zero-order chi connectivity index (χ0) is 16.8. The van der Waals surface area contributed by atoms with E-state index in [1.165, 1.54) is 5.56 Å². The Bertz CT molecular complexity index is 559. The Morgan fingerprint density at radius 3 is 2.74 bits per heavy atom. The fourth-order valence-electron chi connectivity index (χ4n) is 2.85. The van der Waals surface area contributed by atoms with E-state index in [9.17, 15) is 9.59 Å². The van der Waals surface area contributed by atoms with Gasteiger partial charge in [0.15, 0.2) is 0 Å². The van der Waals surface area contributed by atoms with E-state index in [-0.39, 0.29) is 17.7 Å². The lowest BCUT2D eigenvalue weighted by Gasteiger charge is -2.15.